The number of hydrogen-bond acceptors (Lipinski definition) is 7. The molecule has 2 aliphatic rings. The minimum atomic E-state index is -0.587. The van der Waals surface area contributed by atoms with Crippen LogP contribution in [0.25, 0.3) is 16.8 Å². The average Bonchev–Trinajstić information content (AvgIpc) is 3.56. The molecule has 0 saturated heterocycles. The maximum atomic E-state index is 12.6. The fourth-order valence-electron chi connectivity index (χ4n) is 4.95. The number of rotatable bonds is 10. The molecule has 1 aromatic carbocycles. The summed E-state index contributed by atoms with van der Waals surface area (Å²) < 4.78 is 7.81. The lowest BCUT2D eigenvalue weighted by atomic mass is 9.72. The Labute approximate surface area is 222 Å². The van der Waals surface area contributed by atoms with Crippen LogP contribution < -0.4 is 15.4 Å². The second-order valence-corrected chi connectivity index (χ2v) is 10.5. The molecule has 2 saturated carbocycles. The molecule has 2 fully saturated rings. The van der Waals surface area contributed by atoms with E-state index in [0.29, 0.717) is 41.4 Å². The van der Waals surface area contributed by atoms with Gasteiger partial charge in [-0.05, 0) is 82.4 Å². The Morgan fingerprint density at radius 1 is 1.34 bits per heavy atom. The normalized spacial score (nSPS) is 21.4. The summed E-state index contributed by atoms with van der Waals surface area (Å²) in [6.07, 6.45) is 10.5. The van der Waals surface area contributed by atoms with Crippen molar-refractivity contribution in [2.24, 2.45) is 10.9 Å². The van der Waals surface area contributed by atoms with Gasteiger partial charge >= 0.3 is 0 Å². The number of hydrogen-bond donors (Lipinski definition) is 3. The summed E-state index contributed by atoms with van der Waals surface area (Å²) in [5, 5.41) is 21.3. The highest BCUT2D eigenvalue weighted by Crippen LogP contribution is 2.37. The van der Waals surface area contributed by atoms with Crippen LogP contribution >= 0.6 is 0 Å². The number of amides is 1. The largest absolute Gasteiger partial charge is 0.437 e. The fraction of sp³-hybridized carbons (Fsp3) is 0.379. The number of fused-ring (bicyclic) bond motifs is 1. The van der Waals surface area contributed by atoms with Gasteiger partial charge in [0.25, 0.3) is 5.91 Å². The van der Waals surface area contributed by atoms with Gasteiger partial charge in [-0.15, -0.1) is 0 Å². The molecule has 1 amide bonds. The smallest absolute Gasteiger partial charge is 0.251 e. The van der Waals surface area contributed by atoms with E-state index in [9.17, 15) is 9.90 Å². The summed E-state index contributed by atoms with van der Waals surface area (Å²) >= 11 is 0. The quantitative estimate of drug-likeness (QED) is 0.206. The number of carbonyl (C=O) groups is 1. The molecule has 5 rings (SSSR count). The average molecular weight is 515 g/mol. The number of aromatic nitrogens is 3. The number of benzene rings is 1. The van der Waals surface area contributed by atoms with Crippen LogP contribution in [0.2, 0.25) is 0 Å². The van der Waals surface area contributed by atoms with Gasteiger partial charge in [0.2, 0.25) is 5.88 Å². The topological polar surface area (TPSA) is 113 Å². The van der Waals surface area contributed by atoms with Crippen molar-refractivity contribution in [3.63, 3.8) is 0 Å². The number of anilines is 1. The van der Waals surface area contributed by atoms with Crippen molar-refractivity contribution < 1.29 is 14.6 Å². The van der Waals surface area contributed by atoms with Crippen molar-refractivity contribution in [3.8, 4) is 17.0 Å². The molecule has 2 aliphatic carbocycles. The van der Waals surface area contributed by atoms with Crippen molar-refractivity contribution in [1.29, 1.82) is 0 Å². The minimum Gasteiger partial charge on any atom is -0.437 e. The Kier molecular flexibility index (Phi) is 7.03. The summed E-state index contributed by atoms with van der Waals surface area (Å²) in [5.74, 6) is 1.95. The maximum Gasteiger partial charge on any atom is 0.251 e. The molecular formula is C29H34N6O3. The molecule has 0 bridgehead atoms. The Morgan fingerprint density at radius 2 is 2.13 bits per heavy atom. The van der Waals surface area contributed by atoms with E-state index < -0.39 is 5.60 Å². The number of nitrogens with zero attached hydrogens (tertiary/aromatic N) is 4. The van der Waals surface area contributed by atoms with Gasteiger partial charge in [0.15, 0.2) is 5.65 Å². The van der Waals surface area contributed by atoms with Crippen LogP contribution in [0.4, 0.5) is 5.82 Å². The first-order chi connectivity index (χ1) is 18.3. The molecule has 2 aromatic heterocycles. The molecule has 3 aromatic rings. The van der Waals surface area contributed by atoms with E-state index >= 15 is 0 Å². The summed E-state index contributed by atoms with van der Waals surface area (Å²) in [5.41, 5.74) is 3.32. The van der Waals surface area contributed by atoms with Crippen LogP contribution in [0.5, 0.6) is 5.88 Å². The number of nitrogens with one attached hydrogen (secondary N) is 2. The van der Waals surface area contributed by atoms with E-state index in [2.05, 4.69) is 27.4 Å². The zero-order valence-corrected chi connectivity index (χ0v) is 22.1. The Balaban J connectivity index is 1.49. The lowest BCUT2D eigenvalue weighted by molar-refractivity contribution is -0.0524. The molecule has 0 unspecified atom stereocenters. The number of ether oxygens (including phenoxy) is 1. The van der Waals surface area contributed by atoms with Crippen LogP contribution in [0.1, 0.15) is 55.5 Å². The molecular weight excluding hydrogens is 480 g/mol. The van der Waals surface area contributed by atoms with Crippen molar-refractivity contribution in [1.82, 2.24) is 19.9 Å². The third kappa shape index (κ3) is 5.62. The second kappa shape index (κ2) is 10.4. The number of aliphatic hydroxyl groups is 1. The first kappa shape index (κ1) is 25.7. The molecule has 38 heavy (non-hydrogen) atoms. The summed E-state index contributed by atoms with van der Waals surface area (Å²) in [4.78, 5) is 21.2. The Hall–Kier alpha value is -3.98. The summed E-state index contributed by atoms with van der Waals surface area (Å²) in [6, 6.07) is 7.88. The lowest BCUT2D eigenvalue weighted by Crippen LogP contribution is -2.43. The molecule has 9 heteroatoms. The zero-order valence-electron chi connectivity index (χ0n) is 22.1. The van der Waals surface area contributed by atoms with E-state index in [1.807, 2.05) is 45.0 Å². The first-order valence-corrected chi connectivity index (χ1v) is 13.0. The van der Waals surface area contributed by atoms with Gasteiger partial charge in [-0.25, -0.2) is 0 Å². The highest BCUT2D eigenvalue weighted by atomic mass is 16.5. The van der Waals surface area contributed by atoms with Gasteiger partial charge < -0.3 is 20.5 Å². The van der Waals surface area contributed by atoms with Gasteiger partial charge in [-0.1, -0.05) is 18.2 Å². The minimum absolute atomic E-state index is 0.0363. The van der Waals surface area contributed by atoms with Gasteiger partial charge in [-0.3, -0.25) is 9.79 Å². The maximum absolute atomic E-state index is 12.6. The fourth-order valence-corrected chi connectivity index (χ4v) is 4.95. The third-order valence-electron chi connectivity index (χ3n) is 6.94. The van der Waals surface area contributed by atoms with Crippen LogP contribution in [-0.2, 0) is 0 Å². The van der Waals surface area contributed by atoms with E-state index in [0.717, 1.165) is 48.2 Å². The second-order valence-electron chi connectivity index (χ2n) is 10.5. The Bertz CT molecular complexity index is 1430. The monoisotopic (exact) mass is 514 g/mol. The van der Waals surface area contributed by atoms with E-state index in [1.54, 1.807) is 22.9 Å². The molecule has 0 spiro atoms. The number of allylic oxidation sites excluding steroid dienone is 2. The molecule has 3 N–H and O–H groups in total. The zero-order chi connectivity index (χ0) is 26.9. The first-order valence-electron chi connectivity index (χ1n) is 13.0. The van der Waals surface area contributed by atoms with E-state index in [4.69, 9.17) is 9.72 Å². The molecule has 198 valence electrons. The standard InChI is InChI=1S/C29H34N6O3/c1-5-6-22(16-30-4)38-26-12-25(31-15-19-13-29(3,37)14-19)35-27(34-26)24(17-32-35)20-7-10-23(18(2)11-20)28(36)33-21-8-9-21/h5-7,10-12,16-17,19,21,31,37H,4,8-9,13-15H2,1-3H3,(H,33,36)/b6-5-,22-16+. The van der Waals surface area contributed by atoms with Crippen molar-refractivity contribution in [2.75, 3.05) is 11.9 Å². The lowest BCUT2D eigenvalue weighted by Gasteiger charge is -2.41. The number of aliphatic imine (C=N–C) groups is 1. The van der Waals surface area contributed by atoms with Crippen LogP contribution in [0.15, 0.2) is 59.6 Å². The van der Waals surface area contributed by atoms with Gasteiger partial charge in [0.05, 0.1) is 18.0 Å². The summed E-state index contributed by atoms with van der Waals surface area (Å²) in [7, 11) is 0. The highest BCUT2D eigenvalue weighted by molar-refractivity contribution is 5.97. The number of carbonyl (C=O) groups excluding carboxylic acids is 1. The van der Waals surface area contributed by atoms with Crippen molar-refractivity contribution >= 4 is 24.1 Å². The summed E-state index contributed by atoms with van der Waals surface area (Å²) in [6.45, 7) is 9.92. The van der Waals surface area contributed by atoms with Gasteiger partial charge in [0.1, 0.15) is 11.6 Å². The van der Waals surface area contributed by atoms with E-state index in [1.165, 1.54) is 6.20 Å². The van der Waals surface area contributed by atoms with Gasteiger partial charge in [-0.2, -0.15) is 14.6 Å². The SMILES string of the molecule is C=N/C=C(\C=C/C)Oc1cc(NCC2CC(C)(O)C2)n2ncc(-c3ccc(C(=O)NC4CC4)c(C)c3)c2n1. The molecule has 2 heterocycles. The Morgan fingerprint density at radius 3 is 2.79 bits per heavy atom. The number of aryl methyl sites for hydroxylation is 1. The highest BCUT2D eigenvalue weighted by Gasteiger charge is 2.38. The molecule has 0 atom stereocenters. The van der Waals surface area contributed by atoms with Gasteiger partial charge in [0, 0.05) is 29.8 Å². The molecule has 9 nitrogen and oxygen atoms in total. The van der Waals surface area contributed by atoms with E-state index in [-0.39, 0.29) is 5.91 Å². The van der Waals surface area contributed by atoms with Crippen molar-refractivity contribution in [3.05, 3.63) is 65.7 Å². The predicted octanol–water partition coefficient (Wildman–Crippen LogP) is 4.67. The molecule has 0 aliphatic heterocycles. The van der Waals surface area contributed by atoms with Crippen LogP contribution in [-0.4, -0.2) is 50.5 Å². The molecule has 0 radical (unpaired) electrons. The van der Waals surface area contributed by atoms with Crippen molar-refractivity contribution in [2.45, 2.75) is 58.1 Å². The third-order valence-corrected chi connectivity index (χ3v) is 6.94. The predicted molar refractivity (Wildman–Crippen MR) is 149 cm³/mol. The van der Waals surface area contributed by atoms with Crippen LogP contribution in [0, 0.1) is 12.8 Å². The van der Waals surface area contributed by atoms with Crippen LogP contribution in [0.3, 0.4) is 0 Å².